The van der Waals surface area contributed by atoms with E-state index in [0.717, 1.165) is 0 Å². The molecule has 0 spiro atoms. The molecule has 0 saturated carbocycles. The molecule has 5 heteroatoms. The van der Waals surface area contributed by atoms with Gasteiger partial charge in [-0.15, -0.1) is 0 Å². The van der Waals surface area contributed by atoms with Crippen LogP contribution in [-0.4, -0.2) is 61.9 Å². The van der Waals surface area contributed by atoms with Crippen molar-refractivity contribution < 1.29 is 21.9 Å². The molecule has 60 valence electrons. The van der Waals surface area contributed by atoms with Crippen molar-refractivity contribution in [1.82, 2.24) is 0 Å². The number of ether oxygens (including phenoxy) is 2. The molecule has 1 aliphatic rings. The number of cyclic esters (lactones) is 2. The van der Waals surface area contributed by atoms with Gasteiger partial charge in [-0.25, -0.2) is 9.59 Å². The van der Waals surface area contributed by atoms with Gasteiger partial charge in [0, 0.05) is 0 Å². The van der Waals surface area contributed by atoms with E-state index in [1.54, 1.807) is 0 Å². The van der Waals surface area contributed by atoms with Crippen molar-refractivity contribution in [2.75, 3.05) is 0 Å². The van der Waals surface area contributed by atoms with Gasteiger partial charge in [0.1, 0.15) is 0 Å². The van der Waals surface area contributed by atoms with E-state index < -0.39 is 24.1 Å². The summed E-state index contributed by atoms with van der Waals surface area (Å²) in [4.78, 5) is 21.3. The normalized spacial score (nSPS) is 30.0. The molecule has 0 bridgehead atoms. The number of hydrogen-bond donors (Lipinski definition) is 0. The molecule has 1 saturated heterocycles. The molecule has 0 aromatic heterocycles. The number of carbonyl (C=O) groups excluding carboxylic acids is 2. The molecule has 2 atom stereocenters. The first-order valence-electron chi connectivity index (χ1n) is 3.02. The molecule has 0 aromatic rings. The number of hydrogen-bond acceptors (Lipinski definition) is 4. The van der Waals surface area contributed by atoms with Gasteiger partial charge in [0.25, 0.3) is 0 Å². The Morgan fingerprint density at radius 2 is 1.36 bits per heavy atom. The summed E-state index contributed by atoms with van der Waals surface area (Å²) in [6, 6.07) is 0. The molecule has 0 aliphatic carbocycles. The third kappa shape index (κ3) is 2.61. The van der Waals surface area contributed by atoms with Gasteiger partial charge in [0.05, 0.1) is 0 Å². The predicted octanol–water partition coefficient (Wildman–Crippen LogP) is -0.292. The van der Waals surface area contributed by atoms with Crippen LogP contribution in [0.1, 0.15) is 16.7 Å². The number of carbonyl (C=O) groups is 2. The minimum absolute atomic E-state index is 0. The minimum Gasteiger partial charge on any atom is -1.00 e. The van der Waals surface area contributed by atoms with Crippen LogP contribution in [0.2, 0.25) is 0 Å². The molecule has 0 radical (unpaired) electrons. The molecule has 1 aliphatic heterocycles. The zero-order chi connectivity index (χ0) is 7.72. The minimum atomic E-state index is -0.747. The Morgan fingerprint density at radius 3 is 1.64 bits per heavy atom. The Labute approximate surface area is 97.2 Å². The van der Waals surface area contributed by atoms with Crippen LogP contribution in [0.5, 0.6) is 0 Å². The maximum atomic E-state index is 10.7. The van der Waals surface area contributed by atoms with Gasteiger partial charge >= 0.3 is 49.7 Å². The Morgan fingerprint density at radius 1 is 1.09 bits per heavy atom. The number of esters is 2. The maximum absolute atomic E-state index is 10.7. The van der Waals surface area contributed by atoms with E-state index in [-0.39, 0.29) is 40.6 Å². The average Bonchev–Trinajstić information content (AvgIpc) is 1.84. The van der Waals surface area contributed by atoms with E-state index in [4.69, 9.17) is 0 Å². The summed E-state index contributed by atoms with van der Waals surface area (Å²) in [6.45, 7) is 2.96. The van der Waals surface area contributed by atoms with Crippen LogP contribution < -0.4 is 0 Å². The van der Waals surface area contributed by atoms with Crippen LogP contribution in [0.3, 0.4) is 0 Å². The van der Waals surface area contributed by atoms with Gasteiger partial charge < -0.3 is 12.3 Å². The Hall–Kier alpha value is 0.200. The van der Waals surface area contributed by atoms with Crippen molar-refractivity contribution in [2.24, 2.45) is 0 Å². The van der Waals surface area contributed by atoms with Crippen molar-refractivity contribution >= 4 is 49.7 Å². The van der Waals surface area contributed by atoms with E-state index in [2.05, 4.69) is 9.47 Å². The molecule has 0 amide bonds. The molecule has 0 aromatic carbocycles. The summed E-state index contributed by atoms with van der Waals surface area (Å²) >= 11 is 0. The van der Waals surface area contributed by atoms with Gasteiger partial charge in [-0.1, -0.05) is 0 Å². The average molecular weight is 186 g/mol. The van der Waals surface area contributed by atoms with E-state index >= 15 is 0 Å². The van der Waals surface area contributed by atoms with E-state index in [1.165, 1.54) is 13.8 Å². The third-order valence-corrected chi connectivity index (χ3v) is 1.25. The predicted molar refractivity (Wildman–Crippen MR) is 39.1 cm³/mol. The molecular formula is C6H10CaO4. The molecule has 11 heavy (non-hydrogen) atoms. The Balaban J connectivity index is -0.000000333. The van der Waals surface area contributed by atoms with Crippen LogP contribution in [0, 0.1) is 0 Å². The van der Waals surface area contributed by atoms with Crippen molar-refractivity contribution in [3.63, 3.8) is 0 Å². The first kappa shape index (κ1) is 11.2. The van der Waals surface area contributed by atoms with Gasteiger partial charge in [0.2, 0.25) is 0 Å². The summed E-state index contributed by atoms with van der Waals surface area (Å²) in [7, 11) is 0. The van der Waals surface area contributed by atoms with Crippen LogP contribution in [-0.2, 0) is 19.1 Å². The summed E-state index contributed by atoms with van der Waals surface area (Å²) in [5, 5.41) is 0. The van der Waals surface area contributed by atoms with Gasteiger partial charge in [-0.3, -0.25) is 0 Å². The van der Waals surface area contributed by atoms with E-state index in [9.17, 15) is 9.59 Å². The smallest absolute Gasteiger partial charge is 1.00 e. The summed E-state index contributed by atoms with van der Waals surface area (Å²) < 4.78 is 9.19. The van der Waals surface area contributed by atoms with Gasteiger partial charge in [0.15, 0.2) is 12.2 Å². The maximum Gasteiger partial charge on any atom is 2.00 e. The summed E-state index contributed by atoms with van der Waals surface area (Å²) in [6.07, 6.45) is -1.49. The van der Waals surface area contributed by atoms with Gasteiger partial charge in [-0.2, -0.15) is 0 Å². The third-order valence-electron chi connectivity index (χ3n) is 1.25. The first-order valence-corrected chi connectivity index (χ1v) is 3.02. The molecule has 0 N–H and O–H groups in total. The molecule has 1 fully saturated rings. The van der Waals surface area contributed by atoms with Crippen LogP contribution >= 0.6 is 0 Å². The Bertz CT molecular complexity index is 167. The zero-order valence-electron chi connectivity index (χ0n) is 8.49. The van der Waals surface area contributed by atoms with Gasteiger partial charge in [-0.05, 0) is 13.8 Å². The standard InChI is InChI=1S/C6H8O4.Ca.2H/c1-3-5(7)10-4(2)6(8)9-3;;;/h3-4H,1-2H3;;;/q;+2;2*-1. The van der Waals surface area contributed by atoms with E-state index in [1.807, 2.05) is 0 Å². The fourth-order valence-corrected chi connectivity index (χ4v) is 0.636. The largest absolute Gasteiger partial charge is 2.00 e. The SMILES string of the molecule is CC1OC(=O)C(C)OC1=O.[Ca+2].[H-].[H-]. The number of rotatable bonds is 0. The second-order valence-electron chi connectivity index (χ2n) is 2.16. The second kappa shape index (κ2) is 4.28. The van der Waals surface area contributed by atoms with Crippen molar-refractivity contribution in [1.29, 1.82) is 0 Å². The molecule has 1 rings (SSSR count). The van der Waals surface area contributed by atoms with Crippen molar-refractivity contribution in [3.8, 4) is 0 Å². The van der Waals surface area contributed by atoms with Crippen LogP contribution in [0.4, 0.5) is 0 Å². The van der Waals surface area contributed by atoms with Crippen molar-refractivity contribution in [3.05, 3.63) is 0 Å². The van der Waals surface area contributed by atoms with Crippen LogP contribution in [0.25, 0.3) is 0 Å². The summed E-state index contributed by atoms with van der Waals surface area (Å²) in [5.41, 5.74) is 0. The zero-order valence-corrected chi connectivity index (χ0v) is 8.70. The second-order valence-corrected chi connectivity index (χ2v) is 2.16. The topological polar surface area (TPSA) is 52.6 Å². The quantitative estimate of drug-likeness (QED) is 0.385. The van der Waals surface area contributed by atoms with Crippen LogP contribution in [0.15, 0.2) is 0 Å². The van der Waals surface area contributed by atoms with E-state index in [0.29, 0.717) is 0 Å². The first-order chi connectivity index (χ1) is 4.61. The fourth-order valence-electron chi connectivity index (χ4n) is 0.636. The summed E-state index contributed by atoms with van der Waals surface area (Å²) in [5.74, 6) is -0.959. The molecule has 1 heterocycles. The fraction of sp³-hybridized carbons (Fsp3) is 0.667. The molecule has 2 unspecified atom stereocenters. The van der Waals surface area contributed by atoms with Crippen molar-refractivity contribution in [2.45, 2.75) is 26.1 Å². The monoisotopic (exact) mass is 186 g/mol. The Kier molecular flexibility index (Phi) is 4.36. The molecular weight excluding hydrogens is 176 g/mol. The molecule has 4 nitrogen and oxygen atoms in total.